The summed E-state index contributed by atoms with van der Waals surface area (Å²) in [4.78, 5) is 10.5. The van der Waals surface area contributed by atoms with Crippen molar-refractivity contribution >= 4 is 17.2 Å². The minimum Gasteiger partial charge on any atom is -0.428 e. The van der Waals surface area contributed by atoms with Gasteiger partial charge in [-0.1, -0.05) is 18.2 Å². The molecule has 0 amide bonds. The summed E-state index contributed by atoms with van der Waals surface area (Å²) in [6.45, 7) is 0. The maximum absolute atomic E-state index is 10.5. The van der Waals surface area contributed by atoms with E-state index >= 15 is 0 Å². The van der Waals surface area contributed by atoms with Crippen molar-refractivity contribution in [3.63, 3.8) is 0 Å². The van der Waals surface area contributed by atoms with Gasteiger partial charge in [-0.25, -0.2) is 0 Å². The molecule has 0 fully saturated rings. The first-order valence-corrected chi connectivity index (χ1v) is 3.57. The number of para-hydroxylation sites is 1. The first kappa shape index (κ1) is 6.91. The Balaban J connectivity index is 2.91. The molecule has 0 spiro atoms. The van der Waals surface area contributed by atoms with E-state index in [9.17, 15) is 10.0 Å². The molecule has 1 N–H and O–H groups in total. The van der Waals surface area contributed by atoms with Crippen LogP contribution in [0.1, 0.15) is 10.4 Å². The van der Waals surface area contributed by atoms with E-state index in [1.807, 2.05) is 12.1 Å². The standard InChI is InChI=1S/C9H7NO2/c11-6-7-5-10(12)9-4-2-1-3-8(7)9/h1-6,12H. The van der Waals surface area contributed by atoms with Crippen molar-refractivity contribution in [1.82, 2.24) is 4.73 Å². The zero-order chi connectivity index (χ0) is 8.55. The quantitative estimate of drug-likeness (QED) is 0.510. The summed E-state index contributed by atoms with van der Waals surface area (Å²) in [7, 11) is 0. The van der Waals surface area contributed by atoms with Crippen LogP contribution in [0.2, 0.25) is 0 Å². The smallest absolute Gasteiger partial charge is 0.152 e. The fourth-order valence-electron chi connectivity index (χ4n) is 1.28. The lowest BCUT2D eigenvalue weighted by Crippen LogP contribution is -1.84. The normalized spacial score (nSPS) is 10.3. The van der Waals surface area contributed by atoms with Crippen LogP contribution < -0.4 is 0 Å². The molecule has 0 bridgehead atoms. The maximum atomic E-state index is 10.5. The summed E-state index contributed by atoms with van der Waals surface area (Å²) in [5, 5.41) is 10.1. The van der Waals surface area contributed by atoms with Crippen LogP contribution in [-0.2, 0) is 0 Å². The number of hydrogen-bond acceptors (Lipinski definition) is 2. The number of hydrogen-bond donors (Lipinski definition) is 1. The van der Waals surface area contributed by atoms with Gasteiger partial charge in [-0.2, -0.15) is 4.73 Å². The molecule has 60 valence electrons. The van der Waals surface area contributed by atoms with Crippen molar-refractivity contribution in [2.45, 2.75) is 0 Å². The van der Waals surface area contributed by atoms with Gasteiger partial charge in [0.25, 0.3) is 0 Å². The third-order valence-electron chi connectivity index (χ3n) is 1.85. The van der Waals surface area contributed by atoms with Crippen LogP contribution in [-0.4, -0.2) is 16.2 Å². The Morgan fingerprint density at radius 1 is 1.33 bits per heavy atom. The van der Waals surface area contributed by atoms with Crippen LogP contribution in [0, 0.1) is 0 Å². The molecule has 0 atom stereocenters. The molecule has 2 aromatic rings. The van der Waals surface area contributed by atoms with Gasteiger partial charge in [0.15, 0.2) is 6.29 Å². The zero-order valence-corrected chi connectivity index (χ0v) is 6.27. The van der Waals surface area contributed by atoms with Crippen molar-refractivity contribution in [3.05, 3.63) is 36.0 Å². The predicted octanol–water partition coefficient (Wildman–Crippen LogP) is 1.69. The summed E-state index contributed by atoms with van der Waals surface area (Å²) in [6.07, 6.45) is 2.13. The Labute approximate surface area is 68.8 Å². The highest BCUT2D eigenvalue weighted by Crippen LogP contribution is 2.17. The lowest BCUT2D eigenvalue weighted by atomic mass is 10.2. The van der Waals surface area contributed by atoms with E-state index in [2.05, 4.69) is 0 Å². The number of aldehydes is 1. The second kappa shape index (κ2) is 2.37. The number of carbonyl (C=O) groups is 1. The summed E-state index contributed by atoms with van der Waals surface area (Å²) in [5.41, 5.74) is 1.16. The van der Waals surface area contributed by atoms with Gasteiger partial charge in [-0.3, -0.25) is 4.79 Å². The molecule has 12 heavy (non-hydrogen) atoms. The topological polar surface area (TPSA) is 42.2 Å². The van der Waals surface area contributed by atoms with Crippen LogP contribution in [0.15, 0.2) is 30.5 Å². The molecule has 3 heteroatoms. The Bertz CT molecular complexity index is 431. The third kappa shape index (κ3) is 0.797. The van der Waals surface area contributed by atoms with Crippen LogP contribution >= 0.6 is 0 Å². The molecule has 0 aliphatic carbocycles. The Morgan fingerprint density at radius 3 is 2.83 bits per heavy atom. The van der Waals surface area contributed by atoms with Crippen LogP contribution in [0.4, 0.5) is 0 Å². The molecule has 0 saturated carbocycles. The highest BCUT2D eigenvalue weighted by atomic mass is 16.5. The van der Waals surface area contributed by atoms with Gasteiger partial charge in [-0.15, -0.1) is 0 Å². The first-order valence-electron chi connectivity index (χ1n) is 3.57. The molecule has 3 nitrogen and oxygen atoms in total. The summed E-state index contributed by atoms with van der Waals surface area (Å²) in [5.74, 6) is 0. The Hall–Kier alpha value is -1.77. The highest BCUT2D eigenvalue weighted by molar-refractivity contribution is 5.97. The molecular weight excluding hydrogens is 154 g/mol. The van der Waals surface area contributed by atoms with Crippen LogP contribution in [0.25, 0.3) is 10.9 Å². The molecule has 0 unspecified atom stereocenters. The third-order valence-corrected chi connectivity index (χ3v) is 1.85. The van der Waals surface area contributed by atoms with E-state index in [4.69, 9.17) is 0 Å². The number of aromatic nitrogens is 1. The molecule has 2 rings (SSSR count). The van der Waals surface area contributed by atoms with Gasteiger partial charge in [0.05, 0.1) is 11.7 Å². The van der Waals surface area contributed by atoms with E-state index in [0.717, 1.165) is 16.4 Å². The summed E-state index contributed by atoms with van der Waals surface area (Å²) < 4.78 is 0.957. The molecule has 0 aliphatic heterocycles. The lowest BCUT2D eigenvalue weighted by molar-refractivity contribution is 0.112. The molecule has 0 radical (unpaired) electrons. The number of fused-ring (bicyclic) bond motifs is 1. The van der Waals surface area contributed by atoms with Gasteiger partial charge in [0.2, 0.25) is 0 Å². The summed E-state index contributed by atoms with van der Waals surface area (Å²) >= 11 is 0. The Morgan fingerprint density at radius 2 is 2.08 bits per heavy atom. The first-order chi connectivity index (χ1) is 5.83. The predicted molar refractivity (Wildman–Crippen MR) is 44.5 cm³/mol. The molecule has 1 aromatic heterocycles. The fraction of sp³-hybridized carbons (Fsp3) is 0. The van der Waals surface area contributed by atoms with Crippen molar-refractivity contribution in [2.75, 3.05) is 0 Å². The lowest BCUT2D eigenvalue weighted by Gasteiger charge is -1.91. The van der Waals surface area contributed by atoms with E-state index in [-0.39, 0.29) is 0 Å². The van der Waals surface area contributed by atoms with Crippen molar-refractivity contribution in [3.8, 4) is 0 Å². The Kier molecular flexibility index (Phi) is 1.37. The number of carbonyl (C=O) groups excluding carboxylic acids is 1. The second-order valence-corrected chi connectivity index (χ2v) is 2.56. The zero-order valence-electron chi connectivity index (χ0n) is 6.27. The monoisotopic (exact) mass is 161 g/mol. The number of nitrogens with zero attached hydrogens (tertiary/aromatic N) is 1. The van der Waals surface area contributed by atoms with Crippen LogP contribution in [0.3, 0.4) is 0 Å². The van der Waals surface area contributed by atoms with E-state index < -0.39 is 0 Å². The minimum absolute atomic E-state index is 0.508. The fourth-order valence-corrected chi connectivity index (χ4v) is 1.28. The molecular formula is C9H7NO2. The highest BCUT2D eigenvalue weighted by Gasteiger charge is 2.04. The largest absolute Gasteiger partial charge is 0.428 e. The average molecular weight is 161 g/mol. The van der Waals surface area contributed by atoms with Crippen LogP contribution in [0.5, 0.6) is 0 Å². The molecule has 0 saturated heterocycles. The minimum atomic E-state index is 0.508. The van der Waals surface area contributed by atoms with Crippen molar-refractivity contribution in [2.24, 2.45) is 0 Å². The maximum Gasteiger partial charge on any atom is 0.152 e. The van der Waals surface area contributed by atoms with Gasteiger partial charge in [-0.05, 0) is 6.07 Å². The summed E-state index contributed by atoms with van der Waals surface area (Å²) in [6, 6.07) is 7.19. The number of benzene rings is 1. The van der Waals surface area contributed by atoms with E-state index in [0.29, 0.717) is 11.1 Å². The molecule has 1 heterocycles. The second-order valence-electron chi connectivity index (χ2n) is 2.56. The average Bonchev–Trinajstić information content (AvgIpc) is 2.44. The van der Waals surface area contributed by atoms with Gasteiger partial charge in [0.1, 0.15) is 0 Å². The van der Waals surface area contributed by atoms with Crippen molar-refractivity contribution in [1.29, 1.82) is 0 Å². The SMILES string of the molecule is O=Cc1cn(O)c2ccccc12. The molecule has 1 aromatic carbocycles. The van der Waals surface area contributed by atoms with Gasteiger partial charge >= 0.3 is 0 Å². The number of rotatable bonds is 1. The molecule has 0 aliphatic rings. The van der Waals surface area contributed by atoms with E-state index in [1.165, 1.54) is 6.20 Å². The van der Waals surface area contributed by atoms with Crippen molar-refractivity contribution < 1.29 is 10.0 Å². The van der Waals surface area contributed by atoms with Gasteiger partial charge < -0.3 is 5.21 Å². The van der Waals surface area contributed by atoms with E-state index in [1.54, 1.807) is 12.1 Å². The van der Waals surface area contributed by atoms with Gasteiger partial charge in [0, 0.05) is 10.9 Å².